The summed E-state index contributed by atoms with van der Waals surface area (Å²) in [7, 11) is 0. The van der Waals surface area contributed by atoms with Gasteiger partial charge < -0.3 is 9.64 Å². The molecule has 0 saturated heterocycles. The van der Waals surface area contributed by atoms with Crippen molar-refractivity contribution in [1.29, 1.82) is 10.5 Å². The van der Waals surface area contributed by atoms with Gasteiger partial charge in [0.2, 0.25) is 5.91 Å². The van der Waals surface area contributed by atoms with Gasteiger partial charge in [-0.15, -0.1) is 0 Å². The lowest BCUT2D eigenvalue weighted by molar-refractivity contribution is -0.124. The molecule has 0 bridgehead atoms. The zero-order chi connectivity index (χ0) is 16.5. The predicted octanol–water partition coefficient (Wildman–Crippen LogP) is 2.90. The SMILES string of the molecule is N#CCN(CC#N)C(=O)/C=C\c1cccc(OC2CCCC2)c1. The molecular weight excluding hydrogens is 290 g/mol. The van der Waals surface area contributed by atoms with E-state index < -0.39 is 0 Å². The van der Waals surface area contributed by atoms with Gasteiger partial charge in [-0.1, -0.05) is 12.1 Å². The van der Waals surface area contributed by atoms with Crippen LogP contribution in [0.4, 0.5) is 0 Å². The van der Waals surface area contributed by atoms with Crippen LogP contribution in [0.25, 0.3) is 6.08 Å². The van der Waals surface area contributed by atoms with Gasteiger partial charge >= 0.3 is 0 Å². The molecule has 1 aliphatic rings. The maximum atomic E-state index is 12.0. The van der Waals surface area contributed by atoms with Crippen LogP contribution in [0.1, 0.15) is 31.2 Å². The predicted molar refractivity (Wildman–Crippen MR) is 86.2 cm³/mol. The largest absolute Gasteiger partial charge is 0.490 e. The molecule has 1 fully saturated rings. The van der Waals surface area contributed by atoms with Gasteiger partial charge in [0, 0.05) is 6.08 Å². The van der Waals surface area contributed by atoms with Crippen LogP contribution in [-0.2, 0) is 4.79 Å². The smallest absolute Gasteiger partial charge is 0.248 e. The molecule has 0 aliphatic heterocycles. The summed E-state index contributed by atoms with van der Waals surface area (Å²) in [6.45, 7) is -0.191. The van der Waals surface area contributed by atoms with Crippen LogP contribution in [0, 0.1) is 22.7 Å². The Labute approximate surface area is 136 Å². The van der Waals surface area contributed by atoms with Crippen molar-refractivity contribution in [2.24, 2.45) is 0 Å². The first-order chi connectivity index (χ1) is 11.2. The third-order valence-electron chi connectivity index (χ3n) is 3.72. The van der Waals surface area contributed by atoms with E-state index in [2.05, 4.69) is 0 Å². The number of benzene rings is 1. The first-order valence-electron chi connectivity index (χ1n) is 7.70. The minimum atomic E-state index is -0.352. The summed E-state index contributed by atoms with van der Waals surface area (Å²) in [6, 6.07) is 11.3. The fraction of sp³-hybridized carbons (Fsp3) is 0.389. The highest BCUT2D eigenvalue weighted by Crippen LogP contribution is 2.24. The molecule has 1 aliphatic carbocycles. The molecule has 23 heavy (non-hydrogen) atoms. The zero-order valence-electron chi connectivity index (χ0n) is 12.9. The Kier molecular flexibility index (Phi) is 6.20. The number of nitriles is 2. The Hall–Kier alpha value is -2.79. The molecule has 1 saturated carbocycles. The Morgan fingerprint density at radius 2 is 1.96 bits per heavy atom. The van der Waals surface area contributed by atoms with Crippen molar-refractivity contribution in [1.82, 2.24) is 4.90 Å². The normalized spacial score (nSPS) is 14.3. The van der Waals surface area contributed by atoms with Gasteiger partial charge in [-0.2, -0.15) is 10.5 Å². The number of carbonyl (C=O) groups is 1. The maximum Gasteiger partial charge on any atom is 0.248 e. The molecular formula is C18H19N3O2. The van der Waals surface area contributed by atoms with Crippen molar-refractivity contribution in [3.8, 4) is 17.9 Å². The minimum absolute atomic E-state index is 0.0957. The van der Waals surface area contributed by atoms with Crippen molar-refractivity contribution < 1.29 is 9.53 Å². The van der Waals surface area contributed by atoms with Gasteiger partial charge in [-0.25, -0.2) is 0 Å². The minimum Gasteiger partial charge on any atom is -0.490 e. The summed E-state index contributed by atoms with van der Waals surface area (Å²) >= 11 is 0. The van der Waals surface area contributed by atoms with Crippen LogP contribution >= 0.6 is 0 Å². The second-order valence-corrected chi connectivity index (χ2v) is 5.44. The molecule has 0 radical (unpaired) electrons. The van der Waals surface area contributed by atoms with Gasteiger partial charge in [0.25, 0.3) is 0 Å². The maximum absolute atomic E-state index is 12.0. The molecule has 5 nitrogen and oxygen atoms in total. The molecule has 0 spiro atoms. The fourth-order valence-electron chi connectivity index (χ4n) is 2.55. The van der Waals surface area contributed by atoms with E-state index in [9.17, 15) is 4.79 Å². The van der Waals surface area contributed by atoms with E-state index in [1.807, 2.05) is 36.4 Å². The van der Waals surface area contributed by atoms with Gasteiger partial charge in [-0.05, 0) is 49.5 Å². The topological polar surface area (TPSA) is 77.1 Å². The Morgan fingerprint density at radius 1 is 1.26 bits per heavy atom. The molecule has 0 aromatic heterocycles. The summed E-state index contributed by atoms with van der Waals surface area (Å²) < 4.78 is 5.93. The summed E-state index contributed by atoms with van der Waals surface area (Å²) in [5, 5.41) is 17.4. The summed E-state index contributed by atoms with van der Waals surface area (Å²) in [5.41, 5.74) is 0.850. The second-order valence-electron chi connectivity index (χ2n) is 5.44. The highest BCUT2D eigenvalue weighted by molar-refractivity contribution is 5.92. The molecule has 0 unspecified atom stereocenters. The quantitative estimate of drug-likeness (QED) is 0.598. The van der Waals surface area contributed by atoms with E-state index in [0.717, 1.165) is 24.2 Å². The summed E-state index contributed by atoms with van der Waals surface area (Å²) in [4.78, 5) is 13.2. The number of amides is 1. The Morgan fingerprint density at radius 3 is 2.61 bits per heavy atom. The standard InChI is InChI=1S/C18H19N3O2/c19-10-12-21(13-11-20)18(22)9-8-15-4-3-7-17(14-15)23-16-5-1-2-6-16/h3-4,7-9,14,16H,1-2,5-6,12-13H2/b9-8-. The number of carbonyl (C=O) groups excluding carboxylic acids is 1. The van der Waals surface area contributed by atoms with Crippen molar-refractivity contribution in [3.05, 3.63) is 35.9 Å². The molecule has 2 rings (SSSR count). The lowest BCUT2D eigenvalue weighted by atomic mass is 10.2. The van der Waals surface area contributed by atoms with E-state index in [-0.39, 0.29) is 25.1 Å². The zero-order valence-corrected chi connectivity index (χ0v) is 12.9. The van der Waals surface area contributed by atoms with Crippen LogP contribution in [0.5, 0.6) is 5.75 Å². The molecule has 1 aromatic carbocycles. The van der Waals surface area contributed by atoms with E-state index in [0.29, 0.717) is 0 Å². The third-order valence-corrected chi connectivity index (χ3v) is 3.72. The molecule has 118 valence electrons. The van der Waals surface area contributed by atoms with Crippen LogP contribution in [0.15, 0.2) is 30.3 Å². The molecule has 0 N–H and O–H groups in total. The monoisotopic (exact) mass is 309 g/mol. The van der Waals surface area contributed by atoms with Crippen molar-refractivity contribution in [2.75, 3.05) is 13.1 Å². The first kappa shape index (κ1) is 16.6. The van der Waals surface area contributed by atoms with Gasteiger partial charge in [0.05, 0.1) is 18.2 Å². The first-order valence-corrected chi connectivity index (χ1v) is 7.70. The number of ether oxygens (including phenoxy) is 1. The molecule has 1 aromatic rings. The van der Waals surface area contributed by atoms with Crippen molar-refractivity contribution in [3.63, 3.8) is 0 Å². The van der Waals surface area contributed by atoms with Crippen LogP contribution in [-0.4, -0.2) is 30.0 Å². The van der Waals surface area contributed by atoms with Crippen LogP contribution in [0.2, 0.25) is 0 Å². The third kappa shape index (κ3) is 5.16. The van der Waals surface area contributed by atoms with Crippen LogP contribution < -0.4 is 4.74 Å². The Bertz CT molecular complexity index is 633. The molecule has 5 heteroatoms. The van der Waals surface area contributed by atoms with Gasteiger partial charge in [-0.3, -0.25) is 4.79 Å². The van der Waals surface area contributed by atoms with E-state index in [1.54, 1.807) is 6.08 Å². The number of hydrogen-bond donors (Lipinski definition) is 0. The summed E-state index contributed by atoms with van der Waals surface area (Å²) in [5.74, 6) is 0.451. The average Bonchev–Trinajstić information content (AvgIpc) is 3.06. The van der Waals surface area contributed by atoms with Gasteiger partial charge in [0.15, 0.2) is 0 Å². The average molecular weight is 309 g/mol. The number of nitrogens with zero attached hydrogens (tertiary/aromatic N) is 3. The number of rotatable bonds is 6. The highest BCUT2D eigenvalue weighted by Gasteiger charge is 2.16. The van der Waals surface area contributed by atoms with Crippen molar-refractivity contribution in [2.45, 2.75) is 31.8 Å². The van der Waals surface area contributed by atoms with Crippen molar-refractivity contribution >= 4 is 12.0 Å². The molecule has 0 atom stereocenters. The lowest BCUT2D eigenvalue weighted by Crippen LogP contribution is -2.30. The number of hydrogen-bond acceptors (Lipinski definition) is 4. The summed E-state index contributed by atoms with van der Waals surface area (Å²) in [6.07, 6.45) is 7.96. The fourth-order valence-corrected chi connectivity index (χ4v) is 2.55. The van der Waals surface area contributed by atoms with E-state index in [4.69, 9.17) is 15.3 Å². The lowest BCUT2D eigenvalue weighted by Gasteiger charge is -2.14. The Balaban J connectivity index is 1.99. The van der Waals surface area contributed by atoms with E-state index in [1.165, 1.54) is 23.8 Å². The van der Waals surface area contributed by atoms with Crippen LogP contribution in [0.3, 0.4) is 0 Å². The highest BCUT2D eigenvalue weighted by atomic mass is 16.5. The molecule has 0 heterocycles. The second kappa shape index (κ2) is 8.60. The molecule has 1 amide bonds. The van der Waals surface area contributed by atoms with Gasteiger partial charge in [0.1, 0.15) is 18.8 Å². The van der Waals surface area contributed by atoms with E-state index >= 15 is 0 Å².